The number of benzene rings is 1. The molecule has 3 unspecified atom stereocenters. The number of allylic oxidation sites excluding steroid dienone is 5. The monoisotopic (exact) mass is 1390 g/mol. The van der Waals surface area contributed by atoms with E-state index >= 15 is 0 Å². The molecule has 8 aliphatic heterocycles. The third-order valence-corrected chi connectivity index (χ3v) is 19.6. The number of hydrogen-bond donors (Lipinski definition) is 1. The van der Waals surface area contributed by atoms with Gasteiger partial charge in [0, 0.05) is 90.9 Å². The molecule has 1 aromatic carbocycles. The first kappa shape index (κ1) is 74.4. The van der Waals surface area contributed by atoms with Gasteiger partial charge >= 0.3 is 41.8 Å². The third kappa shape index (κ3) is 17.4. The summed E-state index contributed by atoms with van der Waals surface area (Å²) in [6, 6.07) is 9.54. The van der Waals surface area contributed by atoms with Crippen LogP contribution in [0, 0.1) is 23.7 Å². The van der Waals surface area contributed by atoms with Crippen LogP contribution in [-0.2, 0) is 85.7 Å². The van der Waals surface area contributed by atoms with Crippen molar-refractivity contribution in [1.82, 2.24) is 0 Å². The zero-order valence-electron chi connectivity index (χ0n) is 59.0. The van der Waals surface area contributed by atoms with E-state index in [1.54, 1.807) is 26.0 Å². The third-order valence-electron chi connectivity index (χ3n) is 19.6. The molecule has 0 saturated carbocycles. The van der Waals surface area contributed by atoms with E-state index in [1.807, 2.05) is 114 Å². The van der Waals surface area contributed by atoms with E-state index in [-0.39, 0.29) is 96.2 Å². The molecule has 0 radical (unpaired) electrons. The van der Waals surface area contributed by atoms with Crippen molar-refractivity contribution in [2.45, 2.75) is 180 Å². The molecule has 13 rings (SSSR count). The molecule has 19 nitrogen and oxygen atoms in total. The van der Waals surface area contributed by atoms with Gasteiger partial charge in [-0.05, 0) is 124 Å². The molecule has 536 valence electrons. The fourth-order valence-corrected chi connectivity index (χ4v) is 14.5. The first-order valence-corrected chi connectivity index (χ1v) is 34.3. The Morgan fingerprint density at radius 2 is 0.775 bits per heavy atom. The van der Waals surface area contributed by atoms with Crippen LogP contribution in [0.1, 0.15) is 112 Å². The van der Waals surface area contributed by atoms with Crippen molar-refractivity contribution in [2.75, 3.05) is 0 Å². The van der Waals surface area contributed by atoms with E-state index in [4.69, 9.17) is 52.1 Å². The van der Waals surface area contributed by atoms with E-state index < -0.39 is 42.5 Å². The molecule has 0 spiro atoms. The van der Waals surface area contributed by atoms with Crippen molar-refractivity contribution in [2.24, 2.45) is 23.7 Å². The smallest absolute Gasteiger partial charge is 0.334 e. The van der Waals surface area contributed by atoms with Crippen molar-refractivity contribution < 1.29 is 90.8 Å². The second-order valence-corrected chi connectivity index (χ2v) is 27.7. The largest absolute Gasteiger partial charge is 0.490 e. The lowest BCUT2D eigenvalue weighted by Gasteiger charge is -2.26. The van der Waals surface area contributed by atoms with Crippen LogP contribution in [0.5, 0.6) is 0 Å². The minimum atomic E-state index is -0.681. The van der Waals surface area contributed by atoms with Crippen molar-refractivity contribution in [3.8, 4) is 0 Å². The molecule has 16 atom stereocenters. The van der Waals surface area contributed by atoms with Gasteiger partial charge in [0.1, 0.15) is 90.2 Å². The zero-order valence-corrected chi connectivity index (χ0v) is 59.0. The summed E-state index contributed by atoms with van der Waals surface area (Å²) in [7, 11) is 0. The Hall–Kier alpha value is -10.3. The van der Waals surface area contributed by atoms with E-state index in [9.17, 15) is 38.7 Å². The Kier molecular flexibility index (Phi) is 23.2. The Bertz CT molecular complexity index is 4090. The highest BCUT2D eigenvalue weighted by Gasteiger charge is 2.49. The van der Waals surface area contributed by atoms with Crippen LogP contribution in [0.2, 0.25) is 0 Å². The van der Waals surface area contributed by atoms with Crippen LogP contribution in [0.3, 0.4) is 0 Å². The molecule has 8 heterocycles. The summed E-state index contributed by atoms with van der Waals surface area (Å²) in [5.74, 6) is -1.83. The van der Waals surface area contributed by atoms with Gasteiger partial charge in [-0.3, -0.25) is 0 Å². The van der Waals surface area contributed by atoms with Crippen LogP contribution in [0.25, 0.3) is 6.08 Å². The van der Waals surface area contributed by atoms with Crippen molar-refractivity contribution in [3.05, 3.63) is 257 Å². The maximum atomic E-state index is 12.6. The Labute approximate surface area is 596 Å². The molecule has 0 amide bonds. The van der Waals surface area contributed by atoms with Crippen LogP contribution < -0.4 is 0 Å². The number of hydrogen-bond acceptors (Lipinski definition) is 19. The lowest BCUT2D eigenvalue weighted by molar-refractivity contribution is -0.145. The van der Waals surface area contributed by atoms with E-state index in [0.717, 1.165) is 34.3 Å². The van der Waals surface area contributed by atoms with Gasteiger partial charge in [0.15, 0.2) is 0 Å². The number of carbonyl (C=O) groups excluding carboxylic acids is 7. The molecule has 12 aliphatic rings. The maximum Gasteiger partial charge on any atom is 0.334 e. The molecule has 4 fully saturated rings. The standard InChI is InChI=1S/C25H24O5.C22H26O5.C20H22O5.C16H18O4/c1-15-11-20-13-19(25(27)29-20)14-22-24(16(2)17(3)28-22)21(12-15)30-23(26)10-9-18-7-5-4-6-8-18;1-6-7-13(3)21(23)27-18-9-12(2)8-17-10-16(22(24)26-17)11-19-20(18)14(4)15(5)25-19;1-10(2)19(21)25-16-7-11(3)6-15-8-14(20(22)24-15)9-17-18(16)12(4)13(5)23-17;1-8-4-12-6-11(16(18)20-12)7-14-15(13(17)5-8)9(2)10(3)19-14/h4-10,12-13,20-22,24H,2-3,11,14H2,1H3;7,9-10,17-20H,4-6,8,11H2,1-3H3;7-8,15-18H,1,4-6,9H2,2-3H3;5-6,12-15,17H,2-4,7H2,1H3/b10-9+,15-12+;12-9+,13-7+;11-7+;8-5+/t20-,21-,22?,24+;17-,18-,19?,20+;15-,16-,17?,18+;12-,13-,14+,15+/m1111/s1. The molecular formula is C83H90O19. The number of ether oxygens (including phenoxy) is 11. The van der Waals surface area contributed by atoms with Gasteiger partial charge in [-0.1, -0.05) is 131 Å². The van der Waals surface area contributed by atoms with Gasteiger partial charge in [0.05, 0.1) is 29.8 Å². The normalized spacial score (nSPS) is 33.4. The first-order chi connectivity index (χ1) is 48.4. The summed E-state index contributed by atoms with van der Waals surface area (Å²) >= 11 is 0. The second-order valence-electron chi connectivity index (χ2n) is 27.7. The van der Waals surface area contributed by atoms with Gasteiger partial charge in [0.2, 0.25) is 0 Å². The average molecular weight is 1390 g/mol. The highest BCUT2D eigenvalue weighted by atomic mass is 16.6. The van der Waals surface area contributed by atoms with Crippen LogP contribution in [0.15, 0.2) is 251 Å². The van der Waals surface area contributed by atoms with Gasteiger partial charge in [-0.15, -0.1) is 0 Å². The summed E-state index contributed by atoms with van der Waals surface area (Å²) in [6.07, 6.45) is 19.5. The topological polar surface area (TPSA) is 241 Å². The number of carbonyl (C=O) groups is 7. The molecule has 1 aromatic rings. The molecule has 102 heavy (non-hydrogen) atoms. The first-order valence-electron chi connectivity index (χ1n) is 34.3. The molecule has 1 N–H and O–H groups in total. The summed E-state index contributed by atoms with van der Waals surface area (Å²) in [6.45, 7) is 48.4. The fraction of sp³-hybridized carbons (Fsp3) is 0.386. The van der Waals surface area contributed by atoms with Crippen LogP contribution >= 0.6 is 0 Å². The van der Waals surface area contributed by atoms with E-state index in [2.05, 4.69) is 59.2 Å². The van der Waals surface area contributed by atoms with Gasteiger partial charge in [-0.2, -0.15) is 0 Å². The number of esters is 7. The SMILES string of the molecule is C=C(C)C(=O)O[C@@H]1/C=C(\C)C[C@@H]2C=C(CC3OC(=C)C(=C)[C@H]31)C(=O)O2.C=C1OC2CC3=C[C@@H](C/C(C)=C/[C@@H](OC(=O)/C(C)=C/CC)[C@@H]2C1=C)OC3=O.C=C1OC2CC3=C[C@@H](C/C(C)=C/[C@@H](OC(=O)/C=C/c4ccccc4)[C@@H]2C1=C)OC3=O.C=C1O[C@H]2CC3=C[C@@H](C/C(C)=C/[C@@H](O)[C@@H]2C1=C)OC3=O. The Morgan fingerprint density at radius 1 is 0.451 bits per heavy atom. The molecule has 8 bridgehead atoms. The summed E-state index contributed by atoms with van der Waals surface area (Å²) in [5, 5.41) is 10.4. The number of rotatable bonds is 8. The highest BCUT2D eigenvalue weighted by Crippen LogP contribution is 2.46. The highest BCUT2D eigenvalue weighted by molar-refractivity contribution is 5.93. The quantitative estimate of drug-likeness (QED) is 0.110. The van der Waals surface area contributed by atoms with Gasteiger partial charge < -0.3 is 57.2 Å². The predicted molar refractivity (Wildman–Crippen MR) is 380 cm³/mol. The maximum absolute atomic E-state index is 12.6. The van der Waals surface area contributed by atoms with Gasteiger partial charge in [0.25, 0.3) is 0 Å². The fourth-order valence-electron chi connectivity index (χ4n) is 14.5. The Balaban J connectivity index is 0.000000148. The zero-order chi connectivity index (χ0) is 73.7. The van der Waals surface area contributed by atoms with Gasteiger partial charge in [-0.25, -0.2) is 33.6 Å². The lowest BCUT2D eigenvalue weighted by atomic mass is 9.85. The second kappa shape index (κ2) is 31.7. The lowest BCUT2D eigenvalue weighted by Crippen LogP contribution is -2.33. The van der Waals surface area contributed by atoms with E-state index in [1.165, 1.54) is 6.08 Å². The van der Waals surface area contributed by atoms with E-state index in [0.29, 0.717) is 130 Å². The summed E-state index contributed by atoms with van der Waals surface area (Å²) in [5.41, 5.74) is 10.8. The molecule has 4 saturated heterocycles. The summed E-state index contributed by atoms with van der Waals surface area (Å²) < 4.78 is 62.2. The number of aliphatic hydroxyl groups excluding tert-OH is 1. The molecule has 0 aromatic heterocycles. The average Bonchev–Trinajstić information content (AvgIpc) is 1.66. The molecule has 4 aliphatic carbocycles. The Morgan fingerprint density at radius 3 is 1.13 bits per heavy atom. The minimum absolute atomic E-state index is 0.231. The predicted octanol–water partition coefficient (Wildman–Crippen LogP) is 13.4. The molecular weight excluding hydrogens is 1300 g/mol. The van der Waals surface area contributed by atoms with Crippen molar-refractivity contribution in [3.63, 3.8) is 0 Å². The minimum Gasteiger partial charge on any atom is -0.490 e. The van der Waals surface area contributed by atoms with Crippen LogP contribution in [-0.4, -0.2) is 120 Å². The van der Waals surface area contributed by atoms with Crippen molar-refractivity contribution >= 4 is 47.9 Å². The van der Waals surface area contributed by atoms with Crippen molar-refractivity contribution in [1.29, 1.82) is 0 Å². The number of fused-ring (bicyclic) bond motifs is 8. The molecule has 19 heteroatoms. The summed E-state index contributed by atoms with van der Waals surface area (Å²) in [4.78, 5) is 85.5. The number of aliphatic hydroxyl groups is 1. The van der Waals surface area contributed by atoms with Crippen LogP contribution in [0.4, 0.5) is 0 Å².